The first-order valence-corrected chi connectivity index (χ1v) is 6.16. The number of halogens is 5. The van der Waals surface area contributed by atoms with Crippen molar-refractivity contribution in [3.8, 4) is 11.1 Å². The zero-order valence-corrected chi connectivity index (χ0v) is 11.2. The first-order chi connectivity index (χ1) is 8.50. The minimum absolute atomic E-state index is 0.120. The van der Waals surface area contributed by atoms with Crippen LogP contribution in [0.25, 0.3) is 11.1 Å². The molecule has 94 valence electrons. The van der Waals surface area contributed by atoms with Crippen LogP contribution in [-0.2, 0) is 0 Å². The fourth-order valence-corrected chi connectivity index (χ4v) is 2.44. The van der Waals surface area contributed by atoms with Crippen LogP contribution in [0.15, 0.2) is 36.4 Å². The molecule has 0 N–H and O–H groups in total. The molecule has 0 fully saturated rings. The number of alkyl halides is 2. The third-order valence-corrected chi connectivity index (χ3v) is 3.43. The van der Waals surface area contributed by atoms with E-state index in [1.54, 1.807) is 18.2 Å². The Kier molecular flexibility index (Phi) is 4.10. The Labute approximate surface area is 118 Å². The molecule has 0 saturated carbocycles. The Balaban J connectivity index is 2.67. The minimum Gasteiger partial charge on any atom is -0.205 e. The molecule has 0 spiro atoms. The molecular weight excluding hydrogens is 300 g/mol. The quantitative estimate of drug-likeness (QED) is 0.615. The Morgan fingerprint density at radius 3 is 2.00 bits per heavy atom. The summed E-state index contributed by atoms with van der Waals surface area (Å²) in [7, 11) is 0. The van der Waals surface area contributed by atoms with E-state index >= 15 is 0 Å². The van der Waals surface area contributed by atoms with Crippen molar-refractivity contribution in [3.05, 3.63) is 57.0 Å². The summed E-state index contributed by atoms with van der Waals surface area (Å²) in [5, 5.41) is 1.07. The van der Waals surface area contributed by atoms with E-state index in [-0.39, 0.29) is 5.56 Å². The normalized spacial score (nSPS) is 11.0. The molecule has 0 aliphatic rings. The number of hydrogen-bond donors (Lipinski definition) is 0. The summed E-state index contributed by atoms with van der Waals surface area (Å²) >= 11 is 18.1. The third kappa shape index (κ3) is 2.61. The molecule has 0 radical (unpaired) electrons. The second-order valence-electron chi connectivity index (χ2n) is 3.64. The van der Waals surface area contributed by atoms with Gasteiger partial charge in [-0.25, -0.2) is 8.78 Å². The van der Waals surface area contributed by atoms with Crippen LogP contribution in [0.1, 0.15) is 12.0 Å². The highest BCUT2D eigenvalue weighted by atomic mass is 35.5. The summed E-state index contributed by atoms with van der Waals surface area (Å²) in [6.45, 7) is 0. The maximum atomic E-state index is 12.7. The second-order valence-corrected chi connectivity index (χ2v) is 4.86. The van der Waals surface area contributed by atoms with E-state index in [1.165, 1.54) is 18.2 Å². The van der Waals surface area contributed by atoms with Gasteiger partial charge >= 0.3 is 0 Å². The van der Waals surface area contributed by atoms with Gasteiger partial charge in [-0.2, -0.15) is 0 Å². The van der Waals surface area contributed by atoms with Crippen molar-refractivity contribution in [2.24, 2.45) is 0 Å². The Morgan fingerprint density at radius 2 is 1.44 bits per heavy atom. The van der Waals surface area contributed by atoms with Crippen molar-refractivity contribution in [3.63, 3.8) is 0 Å². The maximum absolute atomic E-state index is 12.7. The zero-order chi connectivity index (χ0) is 13.3. The molecule has 0 saturated heterocycles. The van der Waals surface area contributed by atoms with Crippen molar-refractivity contribution in [2.45, 2.75) is 6.43 Å². The van der Waals surface area contributed by atoms with Gasteiger partial charge in [-0.05, 0) is 24.3 Å². The van der Waals surface area contributed by atoms with Crippen LogP contribution in [0.3, 0.4) is 0 Å². The molecule has 0 bridgehead atoms. The topological polar surface area (TPSA) is 0 Å². The largest absolute Gasteiger partial charge is 0.263 e. The molecular formula is C13H7Cl3F2. The van der Waals surface area contributed by atoms with Crippen molar-refractivity contribution >= 4 is 34.8 Å². The molecule has 2 rings (SSSR count). The fraction of sp³-hybridized carbons (Fsp3) is 0.0769. The summed E-state index contributed by atoms with van der Waals surface area (Å²) in [6.07, 6.45) is -2.57. The van der Waals surface area contributed by atoms with Crippen LogP contribution in [0, 0.1) is 0 Å². The lowest BCUT2D eigenvalue weighted by atomic mass is 10.0. The average molecular weight is 308 g/mol. The van der Waals surface area contributed by atoms with Gasteiger partial charge in [0.25, 0.3) is 6.43 Å². The van der Waals surface area contributed by atoms with E-state index in [0.717, 1.165) is 0 Å². The first-order valence-electron chi connectivity index (χ1n) is 5.02. The predicted molar refractivity (Wildman–Crippen MR) is 71.9 cm³/mol. The molecule has 0 atom stereocenters. The monoisotopic (exact) mass is 306 g/mol. The summed E-state index contributed by atoms with van der Waals surface area (Å²) in [6, 6.07) is 8.95. The zero-order valence-electron chi connectivity index (χ0n) is 8.93. The summed E-state index contributed by atoms with van der Waals surface area (Å²) < 4.78 is 25.4. The van der Waals surface area contributed by atoms with Crippen molar-refractivity contribution in [2.75, 3.05) is 0 Å². The van der Waals surface area contributed by atoms with Gasteiger partial charge in [-0.1, -0.05) is 46.9 Å². The molecule has 0 aliphatic heterocycles. The molecule has 0 aromatic heterocycles. The van der Waals surface area contributed by atoms with Crippen molar-refractivity contribution in [1.82, 2.24) is 0 Å². The van der Waals surface area contributed by atoms with Gasteiger partial charge in [-0.15, -0.1) is 0 Å². The summed E-state index contributed by atoms with van der Waals surface area (Å²) in [5.74, 6) is 0. The molecule has 0 aliphatic carbocycles. The van der Waals surface area contributed by atoms with E-state index in [9.17, 15) is 8.78 Å². The standard InChI is InChI=1S/C13H7Cl3F2/c14-9-5-4-7(13(17)18)6-8(9)12-10(15)2-1-3-11(12)16/h1-6,13H. The van der Waals surface area contributed by atoms with E-state index in [4.69, 9.17) is 34.8 Å². The van der Waals surface area contributed by atoms with Gasteiger partial charge in [0.15, 0.2) is 0 Å². The maximum Gasteiger partial charge on any atom is 0.263 e. The van der Waals surface area contributed by atoms with E-state index < -0.39 is 6.43 Å². The summed E-state index contributed by atoms with van der Waals surface area (Å²) in [4.78, 5) is 0. The van der Waals surface area contributed by atoms with Gasteiger partial charge in [0.05, 0.1) is 0 Å². The van der Waals surface area contributed by atoms with E-state index in [0.29, 0.717) is 26.2 Å². The van der Waals surface area contributed by atoms with Gasteiger partial charge < -0.3 is 0 Å². The van der Waals surface area contributed by atoms with Gasteiger partial charge in [-0.3, -0.25) is 0 Å². The molecule has 0 unspecified atom stereocenters. The third-order valence-electron chi connectivity index (χ3n) is 2.47. The van der Waals surface area contributed by atoms with Crippen LogP contribution in [0.4, 0.5) is 8.78 Å². The predicted octanol–water partition coefficient (Wildman–Crippen LogP) is 6.25. The van der Waals surface area contributed by atoms with Crippen molar-refractivity contribution in [1.29, 1.82) is 0 Å². The van der Waals surface area contributed by atoms with Crippen LogP contribution in [0.5, 0.6) is 0 Å². The molecule has 5 heteroatoms. The lowest BCUT2D eigenvalue weighted by molar-refractivity contribution is 0.151. The molecule has 2 aromatic rings. The fourth-order valence-electron chi connectivity index (χ4n) is 1.63. The first kappa shape index (κ1) is 13.6. The second kappa shape index (κ2) is 5.43. The Hall–Kier alpha value is -0.830. The van der Waals surface area contributed by atoms with Gasteiger partial charge in [0, 0.05) is 31.8 Å². The van der Waals surface area contributed by atoms with Crippen LogP contribution >= 0.6 is 34.8 Å². The van der Waals surface area contributed by atoms with Crippen LogP contribution in [0.2, 0.25) is 15.1 Å². The SMILES string of the molecule is FC(F)c1ccc(Cl)c(-c2c(Cl)cccc2Cl)c1. The number of rotatable bonds is 2. The highest BCUT2D eigenvalue weighted by Gasteiger charge is 2.15. The number of benzene rings is 2. The molecule has 0 nitrogen and oxygen atoms in total. The van der Waals surface area contributed by atoms with Gasteiger partial charge in [0.1, 0.15) is 0 Å². The average Bonchev–Trinajstić information content (AvgIpc) is 2.30. The molecule has 18 heavy (non-hydrogen) atoms. The Morgan fingerprint density at radius 1 is 0.833 bits per heavy atom. The molecule has 0 heterocycles. The lowest BCUT2D eigenvalue weighted by Gasteiger charge is -2.11. The van der Waals surface area contributed by atoms with Crippen LogP contribution < -0.4 is 0 Å². The van der Waals surface area contributed by atoms with Crippen LogP contribution in [-0.4, -0.2) is 0 Å². The minimum atomic E-state index is -2.57. The lowest BCUT2D eigenvalue weighted by Crippen LogP contribution is -1.88. The highest BCUT2D eigenvalue weighted by Crippen LogP contribution is 2.39. The van der Waals surface area contributed by atoms with Gasteiger partial charge in [0.2, 0.25) is 0 Å². The number of hydrogen-bond acceptors (Lipinski definition) is 0. The molecule has 0 amide bonds. The van der Waals surface area contributed by atoms with E-state index in [2.05, 4.69) is 0 Å². The summed E-state index contributed by atoms with van der Waals surface area (Å²) in [5.41, 5.74) is 0.754. The Bertz CT molecular complexity index is 562. The smallest absolute Gasteiger partial charge is 0.205 e. The van der Waals surface area contributed by atoms with E-state index in [1.807, 2.05) is 0 Å². The highest BCUT2D eigenvalue weighted by molar-refractivity contribution is 6.41. The van der Waals surface area contributed by atoms with Crippen molar-refractivity contribution < 1.29 is 8.78 Å². The molecule has 2 aromatic carbocycles.